The van der Waals surface area contributed by atoms with Crippen molar-refractivity contribution in [1.29, 1.82) is 0 Å². The van der Waals surface area contributed by atoms with Crippen molar-refractivity contribution in [3.05, 3.63) is 30.3 Å². The molecule has 1 spiro atoms. The smallest absolute Gasteiger partial charge is 0.246 e. The van der Waals surface area contributed by atoms with E-state index in [1.807, 2.05) is 4.90 Å². The summed E-state index contributed by atoms with van der Waals surface area (Å²) in [6, 6.07) is 4.82. The molecular weight excluding hydrogens is 287 g/mol. The van der Waals surface area contributed by atoms with E-state index in [0.29, 0.717) is 36.4 Å². The molecule has 0 radical (unpaired) electrons. The second-order valence-corrected chi connectivity index (χ2v) is 5.75. The highest BCUT2D eigenvalue weighted by molar-refractivity contribution is 5.90. The molecule has 2 aromatic rings. The van der Waals surface area contributed by atoms with Crippen LogP contribution < -0.4 is 10.2 Å². The number of hydrogen-bond donors (Lipinski definition) is 1. The van der Waals surface area contributed by atoms with Crippen LogP contribution in [0, 0.1) is 5.82 Å². The third-order valence-electron chi connectivity index (χ3n) is 4.33. The monoisotopic (exact) mass is 302 g/mol. The summed E-state index contributed by atoms with van der Waals surface area (Å²) in [4.78, 5) is 21.7. The molecule has 2 aliphatic rings. The van der Waals surface area contributed by atoms with Gasteiger partial charge < -0.3 is 15.0 Å². The first-order valence-corrected chi connectivity index (χ1v) is 7.22. The van der Waals surface area contributed by atoms with Gasteiger partial charge in [-0.3, -0.25) is 4.79 Å². The number of nitrogens with one attached hydrogen (secondary N) is 1. The van der Waals surface area contributed by atoms with E-state index in [-0.39, 0.29) is 18.3 Å². The van der Waals surface area contributed by atoms with Crippen LogP contribution in [0.4, 0.5) is 10.2 Å². The Bertz CT molecular complexity index is 736. The van der Waals surface area contributed by atoms with Crippen molar-refractivity contribution in [3.63, 3.8) is 0 Å². The Morgan fingerprint density at radius 2 is 2.27 bits per heavy atom. The maximum absolute atomic E-state index is 14.2. The molecule has 22 heavy (non-hydrogen) atoms. The fourth-order valence-corrected chi connectivity index (χ4v) is 3.16. The fourth-order valence-electron chi connectivity index (χ4n) is 3.16. The largest absolute Gasteiger partial charge is 0.361 e. The van der Waals surface area contributed by atoms with Gasteiger partial charge >= 0.3 is 0 Å². The van der Waals surface area contributed by atoms with Crippen molar-refractivity contribution in [2.75, 3.05) is 31.1 Å². The van der Waals surface area contributed by atoms with Crippen LogP contribution in [0.3, 0.4) is 0 Å². The Morgan fingerprint density at radius 3 is 3.09 bits per heavy atom. The lowest BCUT2D eigenvalue weighted by Gasteiger charge is -2.33. The number of morpholine rings is 1. The lowest BCUT2D eigenvalue weighted by atomic mass is 10.0. The Morgan fingerprint density at radius 1 is 1.36 bits per heavy atom. The van der Waals surface area contributed by atoms with E-state index in [1.165, 1.54) is 12.4 Å². The van der Waals surface area contributed by atoms with Crippen LogP contribution in [0.1, 0.15) is 6.42 Å². The predicted molar refractivity (Wildman–Crippen MR) is 78.0 cm³/mol. The molecule has 0 saturated carbocycles. The van der Waals surface area contributed by atoms with Gasteiger partial charge in [0.25, 0.3) is 0 Å². The van der Waals surface area contributed by atoms with Gasteiger partial charge in [0.15, 0.2) is 0 Å². The first kappa shape index (κ1) is 13.4. The molecule has 3 heterocycles. The minimum atomic E-state index is -0.406. The third-order valence-corrected chi connectivity index (χ3v) is 4.33. The molecular formula is C15H15FN4O2. The summed E-state index contributed by atoms with van der Waals surface area (Å²) >= 11 is 0. The van der Waals surface area contributed by atoms with Crippen LogP contribution in [0.25, 0.3) is 10.9 Å². The Kier molecular flexibility index (Phi) is 2.97. The van der Waals surface area contributed by atoms with Gasteiger partial charge in [0.05, 0.1) is 17.4 Å². The van der Waals surface area contributed by atoms with Crippen molar-refractivity contribution in [1.82, 2.24) is 15.3 Å². The van der Waals surface area contributed by atoms with Crippen LogP contribution in [-0.4, -0.2) is 47.7 Å². The molecule has 7 heteroatoms. The maximum atomic E-state index is 14.2. The van der Waals surface area contributed by atoms with E-state index in [9.17, 15) is 9.18 Å². The lowest BCUT2D eigenvalue weighted by Crippen LogP contribution is -2.53. The lowest BCUT2D eigenvalue weighted by molar-refractivity contribution is -0.141. The summed E-state index contributed by atoms with van der Waals surface area (Å²) in [5.41, 5.74) is 0.181. The molecule has 1 aromatic heterocycles. The van der Waals surface area contributed by atoms with Crippen molar-refractivity contribution in [2.24, 2.45) is 0 Å². The number of rotatable bonds is 1. The molecule has 1 unspecified atom stereocenters. The molecule has 1 atom stereocenters. The first-order chi connectivity index (χ1) is 10.7. The Balaban J connectivity index is 1.68. The molecule has 1 amide bonds. The van der Waals surface area contributed by atoms with E-state index >= 15 is 0 Å². The molecule has 2 saturated heterocycles. The van der Waals surface area contributed by atoms with Gasteiger partial charge in [0.1, 0.15) is 30.2 Å². The van der Waals surface area contributed by atoms with Crippen LogP contribution in [0.5, 0.6) is 0 Å². The standard InChI is InChI=1S/C15H15FN4O2/c16-10-2-1-3-11-13(10)14(19-9-18-11)20-5-4-15(8-20)7-17-12(21)6-22-15/h1-3,9H,4-8H2,(H,17,21). The van der Waals surface area contributed by atoms with Gasteiger partial charge in [0.2, 0.25) is 5.91 Å². The number of carbonyl (C=O) groups excluding carboxylic acids is 1. The average Bonchev–Trinajstić information content (AvgIpc) is 2.94. The number of halogens is 1. The third kappa shape index (κ3) is 2.09. The number of nitrogens with zero attached hydrogens (tertiary/aromatic N) is 3. The summed E-state index contributed by atoms with van der Waals surface area (Å²) < 4.78 is 19.9. The second-order valence-electron chi connectivity index (χ2n) is 5.75. The Labute approximate surface area is 126 Å². The predicted octanol–water partition coefficient (Wildman–Crippen LogP) is 0.864. The van der Waals surface area contributed by atoms with Crippen LogP contribution in [0.2, 0.25) is 0 Å². The molecule has 6 nitrogen and oxygen atoms in total. The van der Waals surface area contributed by atoms with Gasteiger partial charge in [-0.1, -0.05) is 6.07 Å². The number of carbonyl (C=O) groups is 1. The zero-order valence-electron chi connectivity index (χ0n) is 11.9. The molecule has 0 bridgehead atoms. The van der Waals surface area contributed by atoms with E-state index in [1.54, 1.807) is 12.1 Å². The second kappa shape index (κ2) is 4.88. The zero-order valence-corrected chi connectivity index (χ0v) is 11.9. The number of benzene rings is 1. The topological polar surface area (TPSA) is 67.3 Å². The zero-order chi connectivity index (χ0) is 15.2. The molecule has 2 fully saturated rings. The van der Waals surface area contributed by atoms with Crippen LogP contribution in [0.15, 0.2) is 24.5 Å². The summed E-state index contributed by atoms with van der Waals surface area (Å²) in [6.07, 6.45) is 2.22. The highest BCUT2D eigenvalue weighted by atomic mass is 19.1. The number of anilines is 1. The van der Waals surface area contributed by atoms with Crippen molar-refractivity contribution >= 4 is 22.6 Å². The van der Waals surface area contributed by atoms with E-state index in [2.05, 4.69) is 15.3 Å². The van der Waals surface area contributed by atoms with Gasteiger partial charge in [-0.15, -0.1) is 0 Å². The molecule has 0 aliphatic carbocycles. The van der Waals surface area contributed by atoms with Crippen molar-refractivity contribution < 1.29 is 13.9 Å². The molecule has 114 valence electrons. The van der Waals surface area contributed by atoms with Crippen molar-refractivity contribution in [3.8, 4) is 0 Å². The summed E-state index contributed by atoms with van der Waals surface area (Å²) in [5.74, 6) is 0.162. The SMILES string of the molecule is O=C1COC2(CCN(c3ncnc4cccc(F)c34)C2)CN1. The first-order valence-electron chi connectivity index (χ1n) is 7.22. The molecule has 2 aliphatic heterocycles. The van der Waals surface area contributed by atoms with Crippen molar-refractivity contribution in [2.45, 2.75) is 12.0 Å². The summed E-state index contributed by atoms with van der Waals surface area (Å²) in [7, 11) is 0. The highest BCUT2D eigenvalue weighted by Gasteiger charge is 2.43. The minimum absolute atomic E-state index is 0.0761. The number of fused-ring (bicyclic) bond motifs is 1. The number of aromatic nitrogens is 2. The van der Waals surface area contributed by atoms with Gasteiger partial charge in [-0.25, -0.2) is 14.4 Å². The van der Waals surface area contributed by atoms with E-state index < -0.39 is 5.60 Å². The molecule has 4 rings (SSSR count). The van der Waals surface area contributed by atoms with Crippen LogP contribution in [-0.2, 0) is 9.53 Å². The molecule has 1 N–H and O–H groups in total. The fraction of sp³-hybridized carbons (Fsp3) is 0.400. The number of amides is 1. The number of hydrogen-bond acceptors (Lipinski definition) is 5. The molecule has 1 aromatic carbocycles. The minimum Gasteiger partial charge on any atom is -0.361 e. The van der Waals surface area contributed by atoms with E-state index in [4.69, 9.17) is 4.74 Å². The summed E-state index contributed by atoms with van der Waals surface area (Å²) in [5, 5.41) is 3.27. The Hall–Kier alpha value is -2.28. The maximum Gasteiger partial charge on any atom is 0.246 e. The normalized spacial score (nSPS) is 25.0. The number of ether oxygens (including phenoxy) is 1. The van der Waals surface area contributed by atoms with Gasteiger partial charge in [-0.05, 0) is 18.6 Å². The van der Waals surface area contributed by atoms with Gasteiger partial charge in [0, 0.05) is 13.1 Å². The quantitative estimate of drug-likeness (QED) is 0.846. The summed E-state index contributed by atoms with van der Waals surface area (Å²) in [6.45, 7) is 1.84. The average molecular weight is 302 g/mol. The highest BCUT2D eigenvalue weighted by Crippen LogP contribution is 2.33. The van der Waals surface area contributed by atoms with Gasteiger partial charge in [-0.2, -0.15) is 0 Å². The van der Waals surface area contributed by atoms with Crippen LogP contribution >= 0.6 is 0 Å². The van der Waals surface area contributed by atoms with E-state index in [0.717, 1.165) is 6.42 Å².